The summed E-state index contributed by atoms with van der Waals surface area (Å²) in [5, 5.41) is 0. The molecule has 2 fully saturated rings. The molecule has 0 nitrogen and oxygen atoms in total. The molecule has 4 rings (SSSR count). The van der Waals surface area contributed by atoms with E-state index in [1.54, 1.807) is 0 Å². The normalized spacial score (nSPS) is 21.6. The quantitative estimate of drug-likeness (QED) is 0.210. The van der Waals surface area contributed by atoms with Crippen molar-refractivity contribution in [2.24, 2.45) is 11.8 Å². The summed E-state index contributed by atoms with van der Waals surface area (Å²) >= 11 is 0. The van der Waals surface area contributed by atoms with Gasteiger partial charge in [-0.15, -0.1) is 0 Å². The summed E-state index contributed by atoms with van der Waals surface area (Å²) in [7, 11) is 0. The minimum absolute atomic E-state index is 0. The minimum Gasteiger partial charge on any atom is -0.358 e. The van der Waals surface area contributed by atoms with Gasteiger partial charge in [0.05, 0.1) is 0 Å². The van der Waals surface area contributed by atoms with Crippen molar-refractivity contribution in [3.63, 3.8) is 0 Å². The molecule has 0 saturated heterocycles. The van der Waals surface area contributed by atoms with Crippen LogP contribution < -0.4 is 0 Å². The van der Waals surface area contributed by atoms with Crippen LogP contribution in [0.2, 0.25) is 0 Å². The van der Waals surface area contributed by atoms with Gasteiger partial charge in [0.1, 0.15) is 0 Å². The van der Waals surface area contributed by atoms with Crippen LogP contribution in [0.3, 0.4) is 0 Å². The van der Waals surface area contributed by atoms with Crippen molar-refractivity contribution in [2.75, 3.05) is 0 Å². The summed E-state index contributed by atoms with van der Waals surface area (Å²) in [5.74, 6) is 1.50. The topological polar surface area (TPSA) is 0 Å². The molecule has 0 spiro atoms. The molecule has 0 aromatic rings. The maximum absolute atomic E-state index is 2.38. The Morgan fingerprint density at radius 1 is 0.333 bits per heavy atom. The molecular formula is C34H64Co2. The van der Waals surface area contributed by atoms with E-state index >= 15 is 0 Å². The fraction of sp³-hybridized carbons (Fsp3) is 0.588. The molecule has 0 heterocycles. The molecule has 0 aromatic carbocycles. The smallest absolute Gasteiger partial charge is 0.358 e. The predicted molar refractivity (Wildman–Crippen MR) is 165 cm³/mol. The van der Waals surface area contributed by atoms with Crippen LogP contribution in [0, 0.1) is 56.4 Å². The first-order valence-corrected chi connectivity index (χ1v) is 12.6. The Labute approximate surface area is 253 Å². The second kappa shape index (κ2) is 39.5. The summed E-state index contributed by atoms with van der Waals surface area (Å²) in [6.07, 6.45) is 44.2. The fourth-order valence-electron chi connectivity index (χ4n) is 4.72. The first-order chi connectivity index (χ1) is 14.0. The van der Waals surface area contributed by atoms with E-state index in [2.05, 4.69) is 48.6 Å². The van der Waals surface area contributed by atoms with Gasteiger partial charge < -0.3 is 44.6 Å². The zero-order valence-corrected chi connectivity index (χ0v) is 27.3. The standard InChI is InChI=1S/C14H18.2C7H14.6CH3.2Co/c1-2-6-10-13(9-5-1)14-11-7-3-4-8-12-14;2*1-2-4-6-7-5-3-1;;;;;;;;/h1-5,7,9,11,13-14H,6,8,10,12H2;2*1-7H2;6*1H3;;/q;;;6*-1;2*+3. The van der Waals surface area contributed by atoms with Gasteiger partial charge >= 0.3 is 33.6 Å². The van der Waals surface area contributed by atoms with Crippen molar-refractivity contribution < 1.29 is 33.6 Å². The van der Waals surface area contributed by atoms with Crippen LogP contribution in [0.1, 0.15) is 116 Å². The molecule has 0 amide bonds. The predicted octanol–water partition coefficient (Wildman–Crippen LogP) is 12.2. The molecule has 36 heavy (non-hydrogen) atoms. The molecule has 0 aliphatic heterocycles. The summed E-state index contributed by atoms with van der Waals surface area (Å²) in [6.45, 7) is 0. The Bertz CT molecular complexity index is 392. The van der Waals surface area contributed by atoms with E-state index in [1.807, 2.05) is 0 Å². The zero-order chi connectivity index (χ0) is 19.5. The molecule has 0 aromatic heterocycles. The molecule has 4 aliphatic rings. The molecule has 0 N–H and O–H groups in total. The molecule has 218 valence electrons. The minimum atomic E-state index is 0. The van der Waals surface area contributed by atoms with Gasteiger partial charge in [0.15, 0.2) is 0 Å². The number of hydrogen-bond acceptors (Lipinski definition) is 0. The molecular weight excluding hydrogens is 526 g/mol. The van der Waals surface area contributed by atoms with Crippen molar-refractivity contribution >= 4 is 0 Å². The van der Waals surface area contributed by atoms with Crippen LogP contribution in [-0.2, 0) is 33.6 Å². The maximum Gasteiger partial charge on any atom is 3.00 e. The van der Waals surface area contributed by atoms with Crippen LogP contribution in [0.5, 0.6) is 0 Å². The van der Waals surface area contributed by atoms with E-state index in [0.717, 1.165) is 11.8 Å². The summed E-state index contributed by atoms with van der Waals surface area (Å²) in [6, 6.07) is 0. The molecule has 0 radical (unpaired) electrons. The fourth-order valence-corrected chi connectivity index (χ4v) is 4.72. The van der Waals surface area contributed by atoms with Crippen molar-refractivity contribution in [1.82, 2.24) is 0 Å². The van der Waals surface area contributed by atoms with Gasteiger partial charge in [0.25, 0.3) is 0 Å². The molecule has 2 unspecified atom stereocenters. The van der Waals surface area contributed by atoms with Gasteiger partial charge in [-0.2, -0.15) is 0 Å². The molecule has 2 heteroatoms. The molecule has 2 saturated carbocycles. The van der Waals surface area contributed by atoms with Crippen molar-refractivity contribution in [1.29, 1.82) is 0 Å². The van der Waals surface area contributed by atoms with Gasteiger partial charge in [0, 0.05) is 0 Å². The Morgan fingerprint density at radius 3 is 0.778 bits per heavy atom. The van der Waals surface area contributed by atoms with Gasteiger partial charge in [-0.3, -0.25) is 0 Å². The second-order valence-corrected chi connectivity index (χ2v) is 9.06. The molecule has 0 bridgehead atoms. The van der Waals surface area contributed by atoms with E-state index in [9.17, 15) is 0 Å². The Balaban J connectivity index is -0.0000000675. The van der Waals surface area contributed by atoms with Crippen LogP contribution in [-0.4, -0.2) is 0 Å². The summed E-state index contributed by atoms with van der Waals surface area (Å²) in [4.78, 5) is 0. The van der Waals surface area contributed by atoms with E-state index in [4.69, 9.17) is 0 Å². The number of allylic oxidation sites excluding steroid dienone is 8. The van der Waals surface area contributed by atoms with E-state index in [-0.39, 0.29) is 78.1 Å². The number of hydrogen-bond donors (Lipinski definition) is 0. The van der Waals surface area contributed by atoms with Crippen LogP contribution >= 0.6 is 0 Å². The Kier molecular flexibility index (Phi) is 57.5. The number of rotatable bonds is 1. The Hall–Kier alpha value is -0.0270. The Morgan fingerprint density at radius 2 is 0.556 bits per heavy atom. The maximum atomic E-state index is 2.38. The van der Waals surface area contributed by atoms with Gasteiger partial charge in [-0.25, -0.2) is 0 Å². The largest absolute Gasteiger partial charge is 3.00 e. The van der Waals surface area contributed by atoms with Crippen molar-refractivity contribution in [3.8, 4) is 0 Å². The van der Waals surface area contributed by atoms with Gasteiger partial charge in [-0.05, 0) is 37.5 Å². The van der Waals surface area contributed by atoms with E-state index in [1.165, 1.54) is 116 Å². The monoisotopic (exact) mass is 590 g/mol. The third-order valence-corrected chi connectivity index (χ3v) is 6.59. The first-order valence-electron chi connectivity index (χ1n) is 12.6. The third kappa shape index (κ3) is 28.5. The van der Waals surface area contributed by atoms with Gasteiger partial charge in [0.2, 0.25) is 0 Å². The summed E-state index contributed by atoms with van der Waals surface area (Å²) < 4.78 is 0. The van der Waals surface area contributed by atoms with E-state index in [0.29, 0.717) is 0 Å². The zero-order valence-electron chi connectivity index (χ0n) is 25.2. The van der Waals surface area contributed by atoms with Crippen LogP contribution in [0.15, 0.2) is 48.6 Å². The van der Waals surface area contributed by atoms with Crippen molar-refractivity contribution in [3.05, 3.63) is 93.2 Å². The van der Waals surface area contributed by atoms with Gasteiger partial charge in [-0.1, -0.05) is 138 Å². The summed E-state index contributed by atoms with van der Waals surface area (Å²) in [5.41, 5.74) is 0. The molecule has 2 atom stereocenters. The van der Waals surface area contributed by atoms with Crippen LogP contribution in [0.25, 0.3) is 0 Å². The average molecular weight is 591 g/mol. The average Bonchev–Trinajstić information content (AvgIpc) is 3.36. The van der Waals surface area contributed by atoms with Crippen LogP contribution in [0.4, 0.5) is 0 Å². The second-order valence-electron chi connectivity index (χ2n) is 9.06. The SMILES string of the molecule is C1=CCCC(C2C=CC=CCC2)C=C1.C1CCCCCC1.C1CCCCCC1.[CH3-].[CH3-].[CH3-].[CH3-].[CH3-].[CH3-].[Co+3].[Co+3]. The first kappa shape index (κ1) is 52.4. The third-order valence-electron chi connectivity index (χ3n) is 6.59. The van der Waals surface area contributed by atoms with E-state index < -0.39 is 0 Å². The van der Waals surface area contributed by atoms with Crippen molar-refractivity contribution in [2.45, 2.75) is 116 Å². The molecule has 4 aliphatic carbocycles.